The van der Waals surface area contributed by atoms with E-state index in [1.54, 1.807) is 24.3 Å². The van der Waals surface area contributed by atoms with E-state index in [9.17, 15) is 13.2 Å². The van der Waals surface area contributed by atoms with Gasteiger partial charge in [-0.15, -0.1) is 0 Å². The number of amides is 1. The first-order valence-electron chi connectivity index (χ1n) is 8.91. The fourth-order valence-electron chi connectivity index (χ4n) is 3.61. The number of aromatic amines is 1. The van der Waals surface area contributed by atoms with Crippen LogP contribution in [0, 0.1) is 6.92 Å². The van der Waals surface area contributed by atoms with Crippen molar-refractivity contribution in [3.8, 4) is 0 Å². The number of nitrogens with one attached hydrogen (secondary N) is 3. The van der Waals surface area contributed by atoms with Gasteiger partial charge in [0.05, 0.1) is 10.9 Å². The lowest BCUT2D eigenvalue weighted by atomic mass is 10.0. The van der Waals surface area contributed by atoms with Crippen molar-refractivity contribution in [1.29, 1.82) is 0 Å². The number of hydrogen-bond acceptors (Lipinski definition) is 4. The molecule has 0 saturated carbocycles. The molecule has 1 aromatic heterocycles. The number of sulfonamides is 1. The van der Waals surface area contributed by atoms with Gasteiger partial charge in [0.15, 0.2) is 0 Å². The molecular formula is C20H21N3O4S. The van der Waals surface area contributed by atoms with Gasteiger partial charge in [-0.3, -0.25) is 4.79 Å². The predicted octanol–water partition coefficient (Wildman–Crippen LogP) is 2.25. The molecule has 0 radical (unpaired) electrons. The maximum absolute atomic E-state index is 12.9. The molecule has 1 aliphatic rings. The number of H-pyrrole nitrogens is 1. The molecule has 0 aliphatic carbocycles. The van der Waals surface area contributed by atoms with Crippen molar-refractivity contribution in [2.75, 3.05) is 13.7 Å². The maximum Gasteiger partial charge on any atom is 0.268 e. The SMILES string of the molecule is CO[C@@H]1c2c([nH]c3ccccc23)C(=O)NC[C@H]1NS(=O)(=O)c1ccc(C)cc1. The highest BCUT2D eigenvalue weighted by molar-refractivity contribution is 7.89. The van der Waals surface area contributed by atoms with Crippen LogP contribution in [-0.2, 0) is 14.8 Å². The van der Waals surface area contributed by atoms with Gasteiger partial charge in [-0.1, -0.05) is 35.9 Å². The molecule has 2 atom stereocenters. The number of carbonyl (C=O) groups is 1. The van der Waals surface area contributed by atoms with Crippen molar-refractivity contribution in [3.63, 3.8) is 0 Å². The number of carbonyl (C=O) groups excluding carboxylic acids is 1. The second-order valence-corrected chi connectivity index (χ2v) is 8.58. The third-order valence-corrected chi connectivity index (χ3v) is 6.50. The number of aryl methyl sites for hydroxylation is 1. The molecule has 1 amide bonds. The summed E-state index contributed by atoms with van der Waals surface area (Å²) in [7, 11) is -2.27. The van der Waals surface area contributed by atoms with Crippen LogP contribution in [-0.4, -0.2) is 39.0 Å². The average molecular weight is 399 g/mol. The molecule has 7 nitrogen and oxygen atoms in total. The number of fused-ring (bicyclic) bond motifs is 3. The van der Waals surface area contributed by atoms with Crippen LogP contribution in [0.25, 0.3) is 10.9 Å². The maximum atomic E-state index is 12.9. The molecular weight excluding hydrogens is 378 g/mol. The minimum atomic E-state index is -3.78. The second kappa shape index (κ2) is 7.05. The zero-order chi connectivity index (χ0) is 19.9. The van der Waals surface area contributed by atoms with Gasteiger partial charge in [-0.2, -0.15) is 0 Å². The topological polar surface area (TPSA) is 100 Å². The number of rotatable bonds is 4. The van der Waals surface area contributed by atoms with Gasteiger partial charge in [0.25, 0.3) is 5.91 Å². The van der Waals surface area contributed by atoms with Gasteiger partial charge in [0.1, 0.15) is 11.8 Å². The van der Waals surface area contributed by atoms with Gasteiger partial charge in [0.2, 0.25) is 10.0 Å². The molecule has 0 bridgehead atoms. The van der Waals surface area contributed by atoms with E-state index < -0.39 is 22.2 Å². The lowest BCUT2D eigenvalue weighted by molar-refractivity contribution is 0.0778. The zero-order valence-electron chi connectivity index (χ0n) is 15.5. The highest BCUT2D eigenvalue weighted by Gasteiger charge is 2.36. The smallest absolute Gasteiger partial charge is 0.268 e. The highest BCUT2D eigenvalue weighted by Crippen LogP contribution is 2.34. The van der Waals surface area contributed by atoms with Crippen LogP contribution in [0.1, 0.15) is 27.7 Å². The summed E-state index contributed by atoms with van der Waals surface area (Å²) in [6.45, 7) is 2.00. The number of benzene rings is 2. The molecule has 3 aromatic rings. The molecule has 0 fully saturated rings. The van der Waals surface area contributed by atoms with E-state index in [4.69, 9.17) is 4.74 Å². The summed E-state index contributed by atoms with van der Waals surface area (Å²) in [6, 6.07) is 13.4. The fourth-order valence-corrected chi connectivity index (χ4v) is 4.84. The Balaban J connectivity index is 1.76. The van der Waals surface area contributed by atoms with Gasteiger partial charge in [-0.05, 0) is 25.1 Å². The molecule has 0 unspecified atom stereocenters. The lowest BCUT2D eigenvalue weighted by Gasteiger charge is -2.25. The van der Waals surface area contributed by atoms with E-state index in [1.807, 2.05) is 31.2 Å². The van der Waals surface area contributed by atoms with Crippen LogP contribution in [0.3, 0.4) is 0 Å². The average Bonchev–Trinajstić information content (AvgIpc) is 3.00. The van der Waals surface area contributed by atoms with Crippen LogP contribution in [0.15, 0.2) is 53.4 Å². The quantitative estimate of drug-likeness (QED) is 0.626. The second-order valence-electron chi connectivity index (χ2n) is 6.87. The number of hydrogen-bond donors (Lipinski definition) is 3. The van der Waals surface area contributed by atoms with Crippen molar-refractivity contribution in [1.82, 2.24) is 15.0 Å². The van der Waals surface area contributed by atoms with E-state index in [0.717, 1.165) is 16.5 Å². The van der Waals surface area contributed by atoms with Crippen LogP contribution >= 0.6 is 0 Å². The minimum Gasteiger partial charge on any atom is -0.375 e. The van der Waals surface area contributed by atoms with Gasteiger partial charge >= 0.3 is 0 Å². The monoisotopic (exact) mass is 399 g/mol. The van der Waals surface area contributed by atoms with Crippen molar-refractivity contribution >= 4 is 26.8 Å². The summed E-state index contributed by atoms with van der Waals surface area (Å²) in [5.41, 5.74) is 2.82. The minimum absolute atomic E-state index is 0.110. The molecule has 1 aliphatic heterocycles. The van der Waals surface area contributed by atoms with Gasteiger partial charge < -0.3 is 15.0 Å². The Labute approximate surface area is 163 Å². The first-order valence-corrected chi connectivity index (χ1v) is 10.4. The molecule has 0 spiro atoms. The van der Waals surface area contributed by atoms with Crippen LogP contribution < -0.4 is 10.0 Å². The molecule has 8 heteroatoms. The summed E-state index contributed by atoms with van der Waals surface area (Å²) >= 11 is 0. The lowest BCUT2D eigenvalue weighted by Crippen LogP contribution is -2.45. The Hall–Kier alpha value is -2.68. The Morgan fingerprint density at radius 3 is 2.54 bits per heavy atom. The third-order valence-electron chi connectivity index (χ3n) is 5.00. The van der Waals surface area contributed by atoms with Gasteiger partial charge in [-0.25, -0.2) is 13.1 Å². The fraction of sp³-hybridized carbons (Fsp3) is 0.250. The predicted molar refractivity (Wildman–Crippen MR) is 106 cm³/mol. The zero-order valence-corrected chi connectivity index (χ0v) is 16.3. The molecule has 28 heavy (non-hydrogen) atoms. The normalized spacial score (nSPS) is 19.9. The van der Waals surface area contributed by atoms with Crippen LogP contribution in [0.5, 0.6) is 0 Å². The van der Waals surface area contributed by atoms with E-state index in [0.29, 0.717) is 11.3 Å². The summed E-state index contributed by atoms with van der Waals surface area (Å²) in [4.78, 5) is 15.9. The molecule has 4 rings (SSSR count). The molecule has 146 valence electrons. The Bertz CT molecular complexity index is 1140. The van der Waals surface area contributed by atoms with E-state index in [-0.39, 0.29) is 17.3 Å². The first kappa shape index (κ1) is 18.7. The van der Waals surface area contributed by atoms with E-state index in [2.05, 4.69) is 15.0 Å². The van der Waals surface area contributed by atoms with Crippen molar-refractivity contribution in [2.24, 2.45) is 0 Å². The number of para-hydroxylation sites is 1. The standard InChI is InChI=1S/C20H21N3O4S/c1-12-7-9-13(10-8-12)28(25,26)23-16-11-21-20(24)18-17(19(16)27-2)14-5-3-4-6-15(14)22-18/h3-10,16,19,22-23H,11H2,1-2H3,(H,21,24)/t16-,19+/m1/s1. The Kier molecular flexibility index (Phi) is 4.70. The number of methoxy groups -OCH3 is 1. The summed E-state index contributed by atoms with van der Waals surface area (Å²) < 4.78 is 34.2. The summed E-state index contributed by atoms with van der Waals surface area (Å²) in [6.07, 6.45) is -0.634. The van der Waals surface area contributed by atoms with Crippen molar-refractivity contribution < 1.29 is 17.9 Å². The van der Waals surface area contributed by atoms with Gasteiger partial charge in [0, 0.05) is 30.1 Å². The largest absolute Gasteiger partial charge is 0.375 e. The Morgan fingerprint density at radius 2 is 1.82 bits per heavy atom. The highest BCUT2D eigenvalue weighted by atomic mass is 32.2. The van der Waals surface area contributed by atoms with Crippen LogP contribution in [0.4, 0.5) is 0 Å². The first-order chi connectivity index (χ1) is 13.4. The Morgan fingerprint density at radius 1 is 1.11 bits per heavy atom. The molecule has 0 saturated heterocycles. The number of ether oxygens (including phenoxy) is 1. The molecule has 2 aromatic carbocycles. The summed E-state index contributed by atoms with van der Waals surface area (Å²) in [5, 5.41) is 3.62. The van der Waals surface area contributed by atoms with E-state index in [1.165, 1.54) is 7.11 Å². The van der Waals surface area contributed by atoms with Crippen molar-refractivity contribution in [3.05, 3.63) is 65.4 Å². The van der Waals surface area contributed by atoms with Crippen LogP contribution in [0.2, 0.25) is 0 Å². The summed E-state index contributed by atoms with van der Waals surface area (Å²) in [5.74, 6) is -0.287. The third kappa shape index (κ3) is 3.19. The molecule has 3 N–H and O–H groups in total. The van der Waals surface area contributed by atoms with Crippen molar-refractivity contribution in [2.45, 2.75) is 24.0 Å². The number of aromatic nitrogens is 1. The van der Waals surface area contributed by atoms with E-state index >= 15 is 0 Å². The molecule has 2 heterocycles.